The molecule has 0 atom stereocenters. The molecule has 3 aromatic rings. The number of benzene rings is 1. The highest BCUT2D eigenvalue weighted by atomic mass is 19.1. The molecular weight excluding hydrogens is 327 g/mol. The highest BCUT2D eigenvalue weighted by Gasteiger charge is 2.20. The second kappa shape index (κ2) is 6.84. The van der Waals surface area contributed by atoms with Crippen LogP contribution in [0.1, 0.15) is 16.8 Å². The van der Waals surface area contributed by atoms with Gasteiger partial charge < -0.3 is 4.90 Å². The largest absolute Gasteiger partial charge is 0.363 e. The summed E-state index contributed by atoms with van der Waals surface area (Å²) in [5.41, 5.74) is 4.79. The van der Waals surface area contributed by atoms with E-state index in [1.54, 1.807) is 12.3 Å². The summed E-state index contributed by atoms with van der Waals surface area (Å²) in [4.78, 5) is 13.0. The van der Waals surface area contributed by atoms with Crippen molar-refractivity contribution in [2.45, 2.75) is 19.6 Å². The number of nitrogens with zero attached hydrogens (tertiary/aromatic N) is 4. The molecule has 1 aliphatic rings. The van der Waals surface area contributed by atoms with E-state index in [9.17, 15) is 4.39 Å². The van der Waals surface area contributed by atoms with Crippen molar-refractivity contribution in [2.24, 2.45) is 0 Å². The van der Waals surface area contributed by atoms with Crippen LogP contribution >= 0.6 is 0 Å². The maximum Gasteiger partial charge on any atom is 0.128 e. The number of hydrogen-bond donors (Lipinski definition) is 0. The van der Waals surface area contributed by atoms with Crippen molar-refractivity contribution >= 4 is 5.82 Å². The van der Waals surface area contributed by atoms with Crippen molar-refractivity contribution in [3.63, 3.8) is 0 Å². The lowest BCUT2D eigenvalue weighted by molar-refractivity contribution is 0.270. The van der Waals surface area contributed by atoms with Gasteiger partial charge in [-0.15, -0.1) is 0 Å². The average Bonchev–Trinajstić information content (AvgIpc) is 3.06. The Morgan fingerprint density at radius 1 is 1.04 bits per heavy atom. The smallest absolute Gasteiger partial charge is 0.128 e. The SMILES string of the molecule is CN(C)c1ccc(-c2ccc(CN3Cc4cccnc4C3)c(F)c2)cn1. The van der Waals surface area contributed by atoms with Gasteiger partial charge in [0, 0.05) is 57.3 Å². The molecule has 0 saturated carbocycles. The highest BCUT2D eigenvalue weighted by molar-refractivity contribution is 5.64. The fraction of sp³-hybridized carbons (Fsp3) is 0.238. The lowest BCUT2D eigenvalue weighted by Crippen LogP contribution is -2.16. The summed E-state index contributed by atoms with van der Waals surface area (Å²) in [5, 5.41) is 0. The topological polar surface area (TPSA) is 32.3 Å². The third-order valence-corrected chi connectivity index (χ3v) is 4.74. The van der Waals surface area contributed by atoms with Gasteiger partial charge in [0.1, 0.15) is 11.6 Å². The summed E-state index contributed by atoms with van der Waals surface area (Å²) >= 11 is 0. The Morgan fingerprint density at radius 2 is 1.88 bits per heavy atom. The Labute approximate surface area is 152 Å². The van der Waals surface area contributed by atoms with Gasteiger partial charge in [-0.2, -0.15) is 0 Å². The van der Waals surface area contributed by atoms with Gasteiger partial charge in [-0.3, -0.25) is 9.88 Å². The van der Waals surface area contributed by atoms with Gasteiger partial charge in [0.25, 0.3) is 0 Å². The van der Waals surface area contributed by atoms with Gasteiger partial charge in [-0.05, 0) is 35.4 Å². The maximum atomic E-state index is 14.7. The van der Waals surface area contributed by atoms with Crippen molar-refractivity contribution in [3.05, 3.63) is 77.5 Å². The average molecular weight is 348 g/mol. The molecule has 0 bridgehead atoms. The molecular formula is C21H21FN4. The fourth-order valence-corrected chi connectivity index (χ4v) is 3.30. The highest BCUT2D eigenvalue weighted by Crippen LogP contribution is 2.26. The van der Waals surface area contributed by atoms with Crippen LogP contribution < -0.4 is 4.90 Å². The van der Waals surface area contributed by atoms with E-state index >= 15 is 0 Å². The number of fused-ring (bicyclic) bond motifs is 1. The van der Waals surface area contributed by atoms with E-state index in [0.717, 1.165) is 35.7 Å². The standard InChI is InChI=1S/C21H21FN4/c1-25(2)21-8-7-16(11-24-21)15-5-6-17(19(22)10-15)12-26-13-18-4-3-9-23-20(18)14-26/h3-11H,12-14H2,1-2H3. The molecule has 0 radical (unpaired) electrons. The number of rotatable bonds is 4. The van der Waals surface area contributed by atoms with Gasteiger partial charge >= 0.3 is 0 Å². The molecule has 26 heavy (non-hydrogen) atoms. The summed E-state index contributed by atoms with van der Waals surface area (Å²) in [5.74, 6) is 0.705. The minimum Gasteiger partial charge on any atom is -0.363 e. The van der Waals surface area contributed by atoms with Gasteiger partial charge in [-0.25, -0.2) is 9.37 Å². The molecule has 0 aliphatic carbocycles. The zero-order valence-corrected chi connectivity index (χ0v) is 15.0. The van der Waals surface area contributed by atoms with E-state index in [2.05, 4.69) is 20.9 Å². The molecule has 1 aliphatic heterocycles. The molecule has 1 aromatic carbocycles. The van der Waals surface area contributed by atoms with E-state index in [0.29, 0.717) is 12.1 Å². The first-order chi connectivity index (χ1) is 12.6. The van der Waals surface area contributed by atoms with Crippen LogP contribution in [0.25, 0.3) is 11.1 Å². The lowest BCUT2D eigenvalue weighted by atomic mass is 10.0. The summed E-state index contributed by atoms with van der Waals surface area (Å²) in [7, 11) is 3.89. The van der Waals surface area contributed by atoms with Crippen LogP contribution in [0.3, 0.4) is 0 Å². The Balaban J connectivity index is 1.50. The van der Waals surface area contributed by atoms with Crippen molar-refractivity contribution in [1.29, 1.82) is 0 Å². The molecule has 0 N–H and O–H groups in total. The summed E-state index contributed by atoms with van der Waals surface area (Å²) in [6, 6.07) is 13.4. The third-order valence-electron chi connectivity index (χ3n) is 4.74. The minimum absolute atomic E-state index is 0.178. The lowest BCUT2D eigenvalue weighted by Gasteiger charge is -2.16. The van der Waals surface area contributed by atoms with Crippen LogP contribution in [-0.4, -0.2) is 29.0 Å². The first-order valence-corrected chi connectivity index (χ1v) is 8.67. The first kappa shape index (κ1) is 16.7. The summed E-state index contributed by atoms with van der Waals surface area (Å²) < 4.78 is 14.7. The van der Waals surface area contributed by atoms with Crippen LogP contribution in [-0.2, 0) is 19.6 Å². The van der Waals surface area contributed by atoms with Gasteiger partial charge in [0.05, 0.1) is 5.69 Å². The quantitative estimate of drug-likeness (QED) is 0.717. The van der Waals surface area contributed by atoms with Crippen molar-refractivity contribution in [2.75, 3.05) is 19.0 Å². The summed E-state index contributed by atoms with van der Waals surface area (Å²) in [6.45, 7) is 2.17. The molecule has 4 nitrogen and oxygen atoms in total. The minimum atomic E-state index is -0.178. The molecule has 0 saturated heterocycles. The predicted octanol–water partition coefficient (Wildman–Crippen LogP) is 3.86. The zero-order valence-electron chi connectivity index (χ0n) is 15.0. The fourth-order valence-electron chi connectivity index (χ4n) is 3.30. The van der Waals surface area contributed by atoms with Gasteiger partial charge in [-0.1, -0.05) is 18.2 Å². The van der Waals surface area contributed by atoms with E-state index in [1.165, 1.54) is 5.56 Å². The molecule has 3 heterocycles. The number of pyridine rings is 2. The second-order valence-electron chi connectivity index (χ2n) is 6.86. The monoisotopic (exact) mass is 348 g/mol. The van der Waals surface area contributed by atoms with Crippen molar-refractivity contribution in [3.8, 4) is 11.1 Å². The van der Waals surface area contributed by atoms with Crippen LogP contribution in [0, 0.1) is 5.82 Å². The predicted molar refractivity (Wildman–Crippen MR) is 101 cm³/mol. The van der Waals surface area contributed by atoms with E-state index in [4.69, 9.17) is 0 Å². The molecule has 132 valence electrons. The third kappa shape index (κ3) is 3.30. The zero-order chi connectivity index (χ0) is 18.1. The number of halogens is 1. The molecule has 0 spiro atoms. The van der Waals surface area contributed by atoms with Crippen LogP contribution in [0.5, 0.6) is 0 Å². The number of hydrogen-bond acceptors (Lipinski definition) is 4. The number of anilines is 1. The van der Waals surface area contributed by atoms with E-state index in [1.807, 2.05) is 55.5 Å². The van der Waals surface area contributed by atoms with Crippen molar-refractivity contribution < 1.29 is 4.39 Å². The van der Waals surface area contributed by atoms with Crippen LogP contribution in [0.15, 0.2) is 54.9 Å². The Morgan fingerprint density at radius 3 is 2.58 bits per heavy atom. The Bertz CT molecular complexity index is 897. The Hall–Kier alpha value is -2.79. The van der Waals surface area contributed by atoms with Crippen molar-refractivity contribution in [1.82, 2.24) is 14.9 Å². The normalized spacial score (nSPS) is 13.7. The number of aromatic nitrogens is 2. The van der Waals surface area contributed by atoms with E-state index in [-0.39, 0.29) is 5.82 Å². The molecule has 5 heteroatoms. The molecule has 0 amide bonds. The molecule has 2 aromatic heterocycles. The van der Waals surface area contributed by atoms with Crippen LogP contribution in [0.4, 0.5) is 10.2 Å². The summed E-state index contributed by atoms with van der Waals surface area (Å²) in [6.07, 6.45) is 3.60. The van der Waals surface area contributed by atoms with Crippen LogP contribution in [0.2, 0.25) is 0 Å². The van der Waals surface area contributed by atoms with Gasteiger partial charge in [0.2, 0.25) is 0 Å². The first-order valence-electron chi connectivity index (χ1n) is 8.67. The van der Waals surface area contributed by atoms with Gasteiger partial charge in [0.15, 0.2) is 0 Å². The Kier molecular flexibility index (Phi) is 4.39. The molecule has 4 rings (SSSR count). The second-order valence-corrected chi connectivity index (χ2v) is 6.86. The molecule has 0 unspecified atom stereocenters. The van der Waals surface area contributed by atoms with E-state index < -0.39 is 0 Å². The maximum absolute atomic E-state index is 14.7. The molecule has 0 fully saturated rings.